The average molecular weight is 285 g/mol. The fourth-order valence-corrected chi connectivity index (χ4v) is 1.15. The van der Waals surface area contributed by atoms with Crippen molar-refractivity contribution in [3.8, 4) is 0 Å². The molecule has 0 aliphatic carbocycles. The van der Waals surface area contributed by atoms with Crippen molar-refractivity contribution in [2.75, 3.05) is 12.3 Å². The van der Waals surface area contributed by atoms with E-state index in [1.807, 2.05) is 0 Å². The van der Waals surface area contributed by atoms with Gasteiger partial charge in [-0.2, -0.15) is 0 Å². The van der Waals surface area contributed by atoms with E-state index in [2.05, 4.69) is 9.97 Å². The number of unbranched alkanes of at least 4 members (excludes halogenated alkanes) is 1. The largest absolute Gasteiger partial charge is 0.480 e. The zero-order chi connectivity index (χ0) is 15.5. The van der Waals surface area contributed by atoms with Crippen LogP contribution in [0.25, 0.3) is 0 Å². The fourth-order valence-electron chi connectivity index (χ4n) is 1.15. The molecule has 0 spiro atoms. The third kappa shape index (κ3) is 7.24. The van der Waals surface area contributed by atoms with Crippen molar-refractivity contribution < 1.29 is 19.8 Å². The maximum atomic E-state index is 10.2. The lowest BCUT2D eigenvalue weighted by molar-refractivity contribution is -0.138. The van der Waals surface area contributed by atoms with Gasteiger partial charge in [0.1, 0.15) is 6.04 Å². The molecule has 0 aromatic carbocycles. The Morgan fingerprint density at radius 3 is 2.20 bits per heavy atom. The Kier molecular flexibility index (Phi) is 8.55. The highest BCUT2D eigenvalue weighted by Gasteiger charge is 2.09. The van der Waals surface area contributed by atoms with Gasteiger partial charge < -0.3 is 27.4 Å². The van der Waals surface area contributed by atoms with E-state index in [4.69, 9.17) is 27.4 Å². The molecule has 9 nitrogen and oxygen atoms in total. The average Bonchev–Trinajstić information content (AvgIpc) is 2.39. The third-order valence-corrected chi connectivity index (χ3v) is 2.22. The molecule has 0 saturated heterocycles. The van der Waals surface area contributed by atoms with E-state index in [9.17, 15) is 9.59 Å². The number of anilines is 1. The number of nitrogen functional groups attached to an aromatic ring is 1. The first-order valence-electron chi connectivity index (χ1n) is 5.88. The van der Waals surface area contributed by atoms with Crippen LogP contribution in [-0.2, 0) is 4.79 Å². The summed E-state index contributed by atoms with van der Waals surface area (Å²) in [6, 6.07) is -0.716. The van der Waals surface area contributed by atoms with E-state index in [1.165, 1.54) is 12.4 Å². The Bertz CT molecular complexity index is 441. The SMILES string of the molecule is NCCCC[C@H](N)C(=O)O.Nc1nccnc1C(=O)O. The fraction of sp³-hybridized carbons (Fsp3) is 0.455. The molecular weight excluding hydrogens is 266 g/mol. The molecule has 0 aliphatic rings. The van der Waals surface area contributed by atoms with Gasteiger partial charge in [-0.1, -0.05) is 6.42 Å². The molecule has 1 heterocycles. The van der Waals surface area contributed by atoms with Crippen molar-refractivity contribution in [1.82, 2.24) is 9.97 Å². The lowest BCUT2D eigenvalue weighted by Gasteiger charge is -2.03. The predicted octanol–water partition coefficient (Wildman–Crippen LogP) is -0.716. The van der Waals surface area contributed by atoms with E-state index in [0.717, 1.165) is 12.8 Å². The molecule has 0 radical (unpaired) electrons. The van der Waals surface area contributed by atoms with Gasteiger partial charge in [0.25, 0.3) is 0 Å². The van der Waals surface area contributed by atoms with Crippen molar-refractivity contribution in [2.45, 2.75) is 25.3 Å². The number of hydrogen-bond acceptors (Lipinski definition) is 7. The van der Waals surface area contributed by atoms with Crippen LogP contribution < -0.4 is 17.2 Å². The minimum atomic E-state index is -1.16. The molecule has 1 rings (SSSR count). The van der Waals surface area contributed by atoms with Crippen LogP contribution in [0, 0.1) is 0 Å². The Hall–Kier alpha value is -2.26. The number of nitrogens with zero attached hydrogens (tertiary/aromatic N) is 2. The molecule has 1 atom stereocenters. The van der Waals surface area contributed by atoms with Crippen molar-refractivity contribution in [3.63, 3.8) is 0 Å². The molecular formula is C11H19N5O4. The number of carbonyl (C=O) groups is 2. The van der Waals surface area contributed by atoms with Crippen LogP contribution in [0.5, 0.6) is 0 Å². The molecule has 0 unspecified atom stereocenters. The minimum Gasteiger partial charge on any atom is -0.480 e. The summed E-state index contributed by atoms with van der Waals surface area (Å²) in [7, 11) is 0. The Labute approximate surface area is 115 Å². The van der Waals surface area contributed by atoms with E-state index in [1.54, 1.807) is 0 Å². The number of rotatable bonds is 6. The van der Waals surface area contributed by atoms with Gasteiger partial charge in [0.15, 0.2) is 11.5 Å². The van der Waals surface area contributed by atoms with Crippen LogP contribution in [0.2, 0.25) is 0 Å². The van der Waals surface area contributed by atoms with Crippen LogP contribution in [0.15, 0.2) is 12.4 Å². The highest BCUT2D eigenvalue weighted by atomic mass is 16.4. The Morgan fingerprint density at radius 1 is 1.20 bits per heavy atom. The molecule has 1 aromatic rings. The van der Waals surface area contributed by atoms with Crippen LogP contribution >= 0.6 is 0 Å². The predicted molar refractivity (Wildman–Crippen MR) is 71.9 cm³/mol. The smallest absolute Gasteiger partial charge is 0.358 e. The van der Waals surface area contributed by atoms with Gasteiger partial charge in [-0.15, -0.1) is 0 Å². The van der Waals surface area contributed by atoms with Gasteiger partial charge >= 0.3 is 11.9 Å². The summed E-state index contributed by atoms with van der Waals surface area (Å²) in [6.07, 6.45) is 4.78. The summed E-state index contributed by atoms with van der Waals surface area (Å²) in [5, 5.41) is 16.7. The first kappa shape index (κ1) is 17.7. The van der Waals surface area contributed by atoms with Crippen LogP contribution in [0.1, 0.15) is 29.8 Å². The molecule has 0 amide bonds. The highest BCUT2D eigenvalue weighted by molar-refractivity contribution is 5.89. The summed E-state index contributed by atoms with van der Waals surface area (Å²) in [4.78, 5) is 27.4. The number of carboxylic acid groups (broad SMARTS) is 2. The van der Waals surface area contributed by atoms with Gasteiger partial charge in [-0.05, 0) is 19.4 Å². The summed E-state index contributed by atoms with van der Waals surface area (Å²) in [5.41, 5.74) is 15.4. The second kappa shape index (κ2) is 9.64. The topological polar surface area (TPSA) is 178 Å². The highest BCUT2D eigenvalue weighted by Crippen LogP contribution is 2.00. The zero-order valence-corrected chi connectivity index (χ0v) is 10.9. The van der Waals surface area contributed by atoms with E-state index < -0.39 is 18.0 Å². The quantitative estimate of drug-likeness (QED) is 0.422. The Morgan fingerprint density at radius 2 is 1.80 bits per heavy atom. The Balaban J connectivity index is 0.000000361. The van der Waals surface area contributed by atoms with Crippen molar-refractivity contribution in [3.05, 3.63) is 18.1 Å². The van der Waals surface area contributed by atoms with Gasteiger partial charge in [0.05, 0.1) is 0 Å². The van der Waals surface area contributed by atoms with Crippen LogP contribution in [-0.4, -0.2) is 44.7 Å². The lowest BCUT2D eigenvalue weighted by Crippen LogP contribution is -2.29. The molecule has 20 heavy (non-hydrogen) atoms. The summed E-state index contributed by atoms with van der Waals surface area (Å²) >= 11 is 0. The van der Waals surface area contributed by atoms with Gasteiger partial charge in [-0.25, -0.2) is 14.8 Å². The van der Waals surface area contributed by atoms with E-state index in [0.29, 0.717) is 13.0 Å². The number of nitrogens with two attached hydrogens (primary N) is 3. The molecule has 1 aromatic heterocycles. The molecule has 112 valence electrons. The number of hydrogen-bond donors (Lipinski definition) is 5. The molecule has 0 aliphatic heterocycles. The lowest BCUT2D eigenvalue weighted by atomic mass is 10.1. The molecule has 0 fully saturated rings. The number of aliphatic carboxylic acids is 1. The maximum absolute atomic E-state index is 10.2. The molecule has 8 N–H and O–H groups in total. The minimum absolute atomic E-state index is 0.0602. The molecule has 0 saturated carbocycles. The summed E-state index contributed by atoms with van der Waals surface area (Å²) in [6.45, 7) is 0.604. The summed E-state index contributed by atoms with van der Waals surface area (Å²) < 4.78 is 0. The third-order valence-electron chi connectivity index (χ3n) is 2.22. The second-order valence-corrected chi connectivity index (χ2v) is 3.82. The monoisotopic (exact) mass is 285 g/mol. The standard InChI is InChI=1S/C6H14N2O2.C5H5N3O2/c7-4-2-1-3-5(8)6(9)10;6-4-3(5(9)10)7-1-2-8-4/h5H,1-4,7-8H2,(H,9,10);1-2H,(H2,6,8)(H,9,10)/t5-;/m0./s1. The zero-order valence-electron chi connectivity index (χ0n) is 10.9. The molecule has 0 bridgehead atoms. The first-order valence-corrected chi connectivity index (χ1v) is 5.88. The van der Waals surface area contributed by atoms with Gasteiger partial charge in [0.2, 0.25) is 0 Å². The van der Waals surface area contributed by atoms with Crippen LogP contribution in [0.4, 0.5) is 5.82 Å². The van der Waals surface area contributed by atoms with Gasteiger partial charge in [0, 0.05) is 12.4 Å². The number of aromatic carboxylic acids is 1. The number of aromatic nitrogens is 2. The van der Waals surface area contributed by atoms with Crippen LogP contribution in [0.3, 0.4) is 0 Å². The van der Waals surface area contributed by atoms with Crippen molar-refractivity contribution >= 4 is 17.8 Å². The van der Waals surface area contributed by atoms with Gasteiger partial charge in [-0.3, -0.25) is 4.79 Å². The number of carboxylic acids is 2. The van der Waals surface area contributed by atoms with E-state index in [-0.39, 0.29) is 11.5 Å². The second-order valence-electron chi connectivity index (χ2n) is 3.82. The normalized spacial score (nSPS) is 11.1. The summed E-state index contributed by atoms with van der Waals surface area (Å²) in [5.74, 6) is -2.15. The van der Waals surface area contributed by atoms with Crippen molar-refractivity contribution in [1.29, 1.82) is 0 Å². The maximum Gasteiger partial charge on any atom is 0.358 e. The van der Waals surface area contributed by atoms with Crippen molar-refractivity contribution in [2.24, 2.45) is 11.5 Å². The molecule has 9 heteroatoms. The van der Waals surface area contributed by atoms with E-state index >= 15 is 0 Å². The first-order chi connectivity index (χ1) is 9.40.